The van der Waals surface area contributed by atoms with Gasteiger partial charge in [-0.2, -0.15) is 0 Å². The van der Waals surface area contributed by atoms with Crippen LogP contribution in [0.4, 0.5) is 5.69 Å². The molecule has 10 heteroatoms. The van der Waals surface area contributed by atoms with Gasteiger partial charge in [0.2, 0.25) is 0 Å². The molecule has 0 fully saturated rings. The molecule has 2 aromatic rings. The largest absolute Gasteiger partial charge is 0.468 e. The van der Waals surface area contributed by atoms with Crippen molar-refractivity contribution in [1.82, 2.24) is 4.98 Å². The molecule has 0 radical (unpaired) electrons. The fourth-order valence-corrected chi connectivity index (χ4v) is 3.73. The van der Waals surface area contributed by atoms with Crippen LogP contribution in [0.25, 0.3) is 0 Å². The predicted molar refractivity (Wildman–Crippen MR) is 112 cm³/mol. The normalized spacial score (nSPS) is 20.2. The number of hydrogen-bond acceptors (Lipinski definition) is 8. The van der Waals surface area contributed by atoms with Crippen molar-refractivity contribution in [3.05, 3.63) is 70.0 Å². The second-order valence-electron chi connectivity index (χ2n) is 7.19. The lowest BCUT2D eigenvalue weighted by atomic mass is 9.72. The van der Waals surface area contributed by atoms with Crippen LogP contribution in [-0.2, 0) is 30.3 Å². The molecule has 1 aliphatic heterocycles. The van der Waals surface area contributed by atoms with Gasteiger partial charge in [-0.25, -0.2) is 4.99 Å². The molecular weight excluding hydrogens is 418 g/mol. The fourth-order valence-electron chi connectivity index (χ4n) is 3.73. The number of methoxy groups -OCH3 is 1. The third-order valence-electron chi connectivity index (χ3n) is 5.22. The Labute approximate surface area is 183 Å². The van der Waals surface area contributed by atoms with Crippen molar-refractivity contribution in [1.29, 1.82) is 0 Å². The summed E-state index contributed by atoms with van der Waals surface area (Å²) in [6.07, 6.45) is 2.00. The van der Waals surface area contributed by atoms with Crippen LogP contribution in [0.15, 0.2) is 53.7 Å². The molecular formula is C22H21N3O7. The van der Waals surface area contributed by atoms with Gasteiger partial charge in [-0.05, 0) is 24.6 Å². The van der Waals surface area contributed by atoms with Gasteiger partial charge < -0.3 is 9.47 Å². The van der Waals surface area contributed by atoms with Crippen molar-refractivity contribution < 1.29 is 28.8 Å². The monoisotopic (exact) mass is 439 g/mol. The summed E-state index contributed by atoms with van der Waals surface area (Å²) < 4.78 is 10.2. The van der Waals surface area contributed by atoms with Crippen LogP contribution in [0.5, 0.6) is 0 Å². The molecule has 0 saturated heterocycles. The molecule has 3 rings (SSSR count). The molecule has 0 aliphatic carbocycles. The first-order valence-corrected chi connectivity index (χ1v) is 9.81. The first-order chi connectivity index (χ1) is 15.3. The topological polar surface area (TPSA) is 138 Å². The highest BCUT2D eigenvalue weighted by molar-refractivity contribution is 6.14. The third kappa shape index (κ3) is 4.85. The number of rotatable bonds is 7. The second-order valence-corrected chi connectivity index (χ2v) is 7.19. The number of esters is 2. The van der Waals surface area contributed by atoms with Crippen molar-refractivity contribution in [3.63, 3.8) is 0 Å². The van der Waals surface area contributed by atoms with Gasteiger partial charge in [-0.3, -0.25) is 29.5 Å². The minimum Gasteiger partial charge on any atom is -0.468 e. The Kier molecular flexibility index (Phi) is 7.04. The molecule has 1 amide bonds. The van der Waals surface area contributed by atoms with Crippen LogP contribution >= 0.6 is 0 Å². The maximum atomic E-state index is 13.0. The summed E-state index contributed by atoms with van der Waals surface area (Å²) in [7, 11) is 1.12. The van der Waals surface area contributed by atoms with Gasteiger partial charge in [0.05, 0.1) is 18.6 Å². The zero-order valence-electron chi connectivity index (χ0n) is 17.5. The number of nitrogens with zero attached hydrogens (tertiary/aromatic N) is 3. The molecule has 0 N–H and O–H groups in total. The highest BCUT2D eigenvalue weighted by atomic mass is 16.6. The Bertz CT molecular complexity index is 1070. The molecule has 166 valence electrons. The van der Waals surface area contributed by atoms with E-state index in [1.807, 2.05) is 6.07 Å². The van der Waals surface area contributed by atoms with E-state index in [1.54, 1.807) is 18.3 Å². The van der Waals surface area contributed by atoms with E-state index in [2.05, 4.69) is 9.98 Å². The number of benzene rings is 1. The molecule has 1 aliphatic rings. The Morgan fingerprint density at radius 3 is 2.56 bits per heavy atom. The van der Waals surface area contributed by atoms with Crippen LogP contribution in [-0.4, -0.2) is 47.2 Å². The van der Waals surface area contributed by atoms with Gasteiger partial charge >= 0.3 is 11.9 Å². The van der Waals surface area contributed by atoms with Crippen molar-refractivity contribution in [3.8, 4) is 0 Å². The summed E-state index contributed by atoms with van der Waals surface area (Å²) in [4.78, 5) is 56.8. The number of amides is 1. The van der Waals surface area contributed by atoms with Crippen LogP contribution in [0.3, 0.4) is 0 Å². The Hall–Kier alpha value is -3.95. The number of non-ortho nitro benzene ring substituents is 1. The Morgan fingerprint density at radius 1 is 1.12 bits per heavy atom. The van der Waals surface area contributed by atoms with Crippen molar-refractivity contribution >= 4 is 29.2 Å². The minimum atomic E-state index is -1.43. The van der Waals surface area contributed by atoms with Gasteiger partial charge in [-0.1, -0.05) is 18.2 Å². The number of aliphatic imine (C=N–C) groups is 1. The van der Waals surface area contributed by atoms with Gasteiger partial charge in [0.15, 0.2) is 0 Å². The van der Waals surface area contributed by atoms with E-state index in [4.69, 9.17) is 9.47 Å². The predicted octanol–water partition coefficient (Wildman–Crippen LogP) is 2.27. The number of carbonyl (C=O) groups is 3. The molecule has 3 unspecified atom stereocenters. The van der Waals surface area contributed by atoms with Crippen LogP contribution in [0.1, 0.15) is 24.1 Å². The molecule has 2 heterocycles. The average Bonchev–Trinajstić information content (AvgIpc) is 2.78. The minimum absolute atomic E-state index is 0.0259. The van der Waals surface area contributed by atoms with Gasteiger partial charge in [0.25, 0.3) is 11.6 Å². The number of ether oxygens (including phenoxy) is 2. The van der Waals surface area contributed by atoms with E-state index < -0.39 is 40.5 Å². The maximum absolute atomic E-state index is 13.0. The molecule has 32 heavy (non-hydrogen) atoms. The fraction of sp³-hybridized carbons (Fsp3) is 0.318. The number of aromatic nitrogens is 1. The molecule has 0 saturated carbocycles. The van der Waals surface area contributed by atoms with Crippen LogP contribution in [0, 0.1) is 22.0 Å². The second kappa shape index (κ2) is 9.90. The summed E-state index contributed by atoms with van der Waals surface area (Å²) in [5.74, 6) is -5.94. The number of nitro benzene ring substituents is 1. The summed E-state index contributed by atoms with van der Waals surface area (Å²) in [6, 6.07) is 10.8. The summed E-state index contributed by atoms with van der Waals surface area (Å²) in [5.41, 5.74) is 0.923. The molecule has 3 atom stereocenters. The van der Waals surface area contributed by atoms with E-state index in [0.29, 0.717) is 6.42 Å². The lowest BCUT2D eigenvalue weighted by Crippen LogP contribution is -2.44. The zero-order chi connectivity index (χ0) is 23.3. The van der Waals surface area contributed by atoms with Gasteiger partial charge in [0.1, 0.15) is 11.8 Å². The molecule has 1 aromatic heterocycles. The third-order valence-corrected chi connectivity index (χ3v) is 5.22. The summed E-state index contributed by atoms with van der Waals surface area (Å²) in [6.45, 7) is 1.51. The molecule has 0 spiro atoms. The molecule has 10 nitrogen and oxygen atoms in total. The standard InChI is InChI=1S/C22H21N3O7/c1-13-17(22(28)32-11-9-15-7-3-4-10-23-15)18(19(20(26)24-13)21(27)31-2)14-6-5-8-16(12-14)25(29)30/h3-8,10,12,17-19H,9,11H2,1-2H3. The summed E-state index contributed by atoms with van der Waals surface area (Å²) >= 11 is 0. The highest BCUT2D eigenvalue weighted by Gasteiger charge is 2.49. The Morgan fingerprint density at radius 2 is 1.91 bits per heavy atom. The smallest absolute Gasteiger partial charge is 0.318 e. The number of hydrogen-bond donors (Lipinski definition) is 0. The first-order valence-electron chi connectivity index (χ1n) is 9.81. The Balaban J connectivity index is 1.94. The van der Waals surface area contributed by atoms with Gasteiger partial charge in [-0.15, -0.1) is 0 Å². The van der Waals surface area contributed by atoms with Crippen molar-refractivity contribution in [2.24, 2.45) is 16.8 Å². The highest BCUT2D eigenvalue weighted by Crippen LogP contribution is 2.40. The lowest BCUT2D eigenvalue weighted by molar-refractivity contribution is -0.384. The SMILES string of the molecule is COC(=O)C1C(=O)N=C(C)C(C(=O)OCCc2ccccn2)C1c1cccc([N+](=O)[O-])c1. The quantitative estimate of drug-likeness (QED) is 0.277. The number of carbonyl (C=O) groups excluding carboxylic acids is 3. The van der Waals surface area contributed by atoms with Crippen LogP contribution < -0.4 is 0 Å². The van der Waals surface area contributed by atoms with E-state index >= 15 is 0 Å². The van der Waals surface area contributed by atoms with Gasteiger partial charge in [0, 0.05) is 42.1 Å². The molecule has 1 aromatic carbocycles. The average molecular weight is 439 g/mol. The van der Waals surface area contributed by atoms with E-state index in [1.165, 1.54) is 31.2 Å². The van der Waals surface area contributed by atoms with E-state index in [0.717, 1.165) is 12.8 Å². The first kappa shape index (κ1) is 22.7. The van der Waals surface area contributed by atoms with Crippen molar-refractivity contribution in [2.75, 3.05) is 13.7 Å². The molecule has 0 bridgehead atoms. The number of pyridine rings is 1. The zero-order valence-corrected chi connectivity index (χ0v) is 17.5. The lowest BCUT2D eigenvalue weighted by Gasteiger charge is -2.33. The van der Waals surface area contributed by atoms with Crippen molar-refractivity contribution in [2.45, 2.75) is 19.3 Å². The van der Waals surface area contributed by atoms with E-state index in [-0.39, 0.29) is 23.6 Å². The van der Waals surface area contributed by atoms with E-state index in [9.17, 15) is 24.5 Å². The van der Waals surface area contributed by atoms with Crippen LogP contribution in [0.2, 0.25) is 0 Å². The maximum Gasteiger partial charge on any atom is 0.318 e. The number of nitro groups is 1. The summed E-state index contributed by atoms with van der Waals surface area (Å²) in [5, 5.41) is 11.3.